The summed E-state index contributed by atoms with van der Waals surface area (Å²) in [6.07, 6.45) is 0. The zero-order chi connectivity index (χ0) is 17.5. The van der Waals surface area contributed by atoms with Gasteiger partial charge >= 0.3 is 0 Å². The van der Waals surface area contributed by atoms with Crippen LogP contribution in [0.25, 0.3) is 0 Å². The molecule has 3 aromatic rings. The summed E-state index contributed by atoms with van der Waals surface area (Å²) < 4.78 is 18.9. The number of ether oxygens (including phenoxy) is 1. The van der Waals surface area contributed by atoms with Crippen molar-refractivity contribution in [1.82, 2.24) is 5.32 Å². The van der Waals surface area contributed by atoms with Crippen molar-refractivity contribution in [3.8, 4) is 5.75 Å². The molecule has 0 aliphatic heterocycles. The van der Waals surface area contributed by atoms with Gasteiger partial charge in [-0.25, -0.2) is 4.39 Å². The van der Waals surface area contributed by atoms with Crippen molar-refractivity contribution < 1.29 is 9.13 Å². The number of benzene rings is 3. The van der Waals surface area contributed by atoms with Gasteiger partial charge in [-0.3, -0.25) is 0 Å². The summed E-state index contributed by atoms with van der Waals surface area (Å²) in [5, 5.41) is 4.07. The van der Waals surface area contributed by atoms with E-state index in [1.807, 2.05) is 36.4 Å². The predicted octanol–water partition coefficient (Wildman–Crippen LogP) is 5.77. The molecule has 0 spiro atoms. The molecule has 2 nitrogen and oxygen atoms in total. The molecule has 0 fully saturated rings. The van der Waals surface area contributed by atoms with E-state index in [-0.39, 0.29) is 18.2 Å². The molecule has 136 valence electrons. The van der Waals surface area contributed by atoms with Crippen molar-refractivity contribution in [3.63, 3.8) is 0 Å². The Morgan fingerprint density at radius 2 is 1.58 bits per heavy atom. The molecule has 0 amide bonds. The van der Waals surface area contributed by atoms with Crippen LogP contribution in [-0.2, 0) is 19.7 Å². The molecule has 0 heterocycles. The van der Waals surface area contributed by atoms with Gasteiger partial charge in [0.25, 0.3) is 0 Å². The van der Waals surface area contributed by atoms with Crippen LogP contribution >= 0.6 is 24.0 Å². The van der Waals surface area contributed by atoms with E-state index in [0.29, 0.717) is 18.2 Å². The van der Waals surface area contributed by atoms with Crippen LogP contribution in [0.4, 0.5) is 4.39 Å². The molecule has 0 saturated carbocycles. The first-order valence-electron chi connectivity index (χ1n) is 8.11. The Morgan fingerprint density at radius 3 is 2.31 bits per heavy atom. The molecule has 0 aromatic heterocycles. The Bertz CT molecular complexity index is 810. The van der Waals surface area contributed by atoms with Gasteiger partial charge in [0.05, 0.1) is 0 Å². The molecule has 3 aromatic carbocycles. The molecular formula is C21H20Cl2FNO. The van der Waals surface area contributed by atoms with Gasteiger partial charge in [0, 0.05) is 23.7 Å². The van der Waals surface area contributed by atoms with Gasteiger partial charge in [-0.05, 0) is 41.5 Å². The Hall–Kier alpha value is -2.07. The maximum Gasteiger partial charge on any atom is 0.124 e. The lowest BCUT2D eigenvalue weighted by molar-refractivity contribution is 0.302. The molecule has 0 aliphatic rings. The Morgan fingerprint density at radius 1 is 0.846 bits per heavy atom. The van der Waals surface area contributed by atoms with Crippen LogP contribution < -0.4 is 10.1 Å². The van der Waals surface area contributed by atoms with Crippen molar-refractivity contribution in [2.24, 2.45) is 0 Å². The largest absolute Gasteiger partial charge is 0.489 e. The Kier molecular flexibility index (Phi) is 7.92. The molecule has 0 saturated heterocycles. The summed E-state index contributed by atoms with van der Waals surface area (Å²) in [5.41, 5.74) is 3.13. The summed E-state index contributed by atoms with van der Waals surface area (Å²) in [4.78, 5) is 0. The molecule has 0 atom stereocenters. The Labute approximate surface area is 164 Å². The van der Waals surface area contributed by atoms with Crippen molar-refractivity contribution >= 4 is 24.0 Å². The Balaban J connectivity index is 0.00000243. The van der Waals surface area contributed by atoms with Gasteiger partial charge in [-0.15, -0.1) is 12.4 Å². The van der Waals surface area contributed by atoms with Crippen LogP contribution in [0.5, 0.6) is 5.75 Å². The maximum atomic E-state index is 13.0. The van der Waals surface area contributed by atoms with Gasteiger partial charge in [0.15, 0.2) is 0 Å². The fourth-order valence-corrected chi connectivity index (χ4v) is 2.70. The molecule has 26 heavy (non-hydrogen) atoms. The minimum absolute atomic E-state index is 0. The molecule has 1 N–H and O–H groups in total. The number of hydrogen-bond acceptors (Lipinski definition) is 2. The van der Waals surface area contributed by atoms with Gasteiger partial charge in [-0.1, -0.05) is 54.1 Å². The van der Waals surface area contributed by atoms with E-state index < -0.39 is 0 Å². The van der Waals surface area contributed by atoms with E-state index in [0.717, 1.165) is 23.4 Å². The predicted molar refractivity (Wildman–Crippen MR) is 106 cm³/mol. The van der Waals surface area contributed by atoms with Crippen LogP contribution in [0.1, 0.15) is 16.7 Å². The second-order valence-corrected chi connectivity index (χ2v) is 6.19. The van der Waals surface area contributed by atoms with Crippen molar-refractivity contribution in [2.75, 3.05) is 0 Å². The zero-order valence-corrected chi connectivity index (χ0v) is 15.7. The second-order valence-electron chi connectivity index (χ2n) is 5.76. The third-order valence-corrected chi connectivity index (χ3v) is 4.05. The molecule has 0 radical (unpaired) electrons. The third-order valence-electron chi connectivity index (χ3n) is 3.82. The maximum absolute atomic E-state index is 13.0. The van der Waals surface area contributed by atoms with E-state index in [1.165, 1.54) is 17.7 Å². The lowest BCUT2D eigenvalue weighted by atomic mass is 10.1. The lowest BCUT2D eigenvalue weighted by Gasteiger charge is -2.13. The van der Waals surface area contributed by atoms with Gasteiger partial charge in [-0.2, -0.15) is 0 Å². The number of hydrogen-bond donors (Lipinski definition) is 1. The molecule has 3 rings (SSSR count). The average Bonchev–Trinajstić information content (AvgIpc) is 2.63. The zero-order valence-electron chi connectivity index (χ0n) is 14.1. The first kappa shape index (κ1) is 20.2. The van der Waals surface area contributed by atoms with Crippen molar-refractivity contribution in [2.45, 2.75) is 19.7 Å². The quantitative estimate of drug-likeness (QED) is 0.551. The monoisotopic (exact) mass is 391 g/mol. The number of halogens is 3. The van der Waals surface area contributed by atoms with Crippen molar-refractivity contribution in [1.29, 1.82) is 0 Å². The fraction of sp³-hybridized carbons (Fsp3) is 0.143. The average molecular weight is 392 g/mol. The highest BCUT2D eigenvalue weighted by molar-refractivity contribution is 6.30. The van der Waals surface area contributed by atoms with Crippen LogP contribution in [0.2, 0.25) is 5.02 Å². The lowest BCUT2D eigenvalue weighted by Crippen LogP contribution is -2.13. The SMILES string of the molecule is Cl.Fc1ccc(COc2ccc(Cl)cc2CNCc2ccccc2)cc1. The van der Waals surface area contributed by atoms with Gasteiger partial charge < -0.3 is 10.1 Å². The van der Waals surface area contributed by atoms with E-state index in [2.05, 4.69) is 17.4 Å². The van der Waals surface area contributed by atoms with E-state index in [4.69, 9.17) is 16.3 Å². The van der Waals surface area contributed by atoms with Crippen LogP contribution in [0, 0.1) is 5.82 Å². The highest BCUT2D eigenvalue weighted by Gasteiger charge is 2.06. The summed E-state index contributed by atoms with van der Waals surface area (Å²) in [6, 6.07) is 22.1. The van der Waals surface area contributed by atoms with Gasteiger partial charge in [0.1, 0.15) is 18.2 Å². The summed E-state index contributed by atoms with van der Waals surface area (Å²) in [6.45, 7) is 1.80. The van der Waals surface area contributed by atoms with Crippen LogP contribution in [0.15, 0.2) is 72.8 Å². The normalized spacial score (nSPS) is 10.2. The summed E-state index contributed by atoms with van der Waals surface area (Å²) >= 11 is 6.12. The van der Waals surface area contributed by atoms with E-state index in [1.54, 1.807) is 12.1 Å². The minimum atomic E-state index is -0.249. The topological polar surface area (TPSA) is 21.3 Å². The van der Waals surface area contributed by atoms with Crippen LogP contribution in [-0.4, -0.2) is 0 Å². The third kappa shape index (κ3) is 6.03. The minimum Gasteiger partial charge on any atom is -0.489 e. The van der Waals surface area contributed by atoms with Crippen molar-refractivity contribution in [3.05, 3.63) is 100 Å². The number of nitrogens with one attached hydrogen (secondary N) is 1. The highest BCUT2D eigenvalue weighted by Crippen LogP contribution is 2.24. The number of rotatable bonds is 7. The second kappa shape index (κ2) is 10.2. The standard InChI is InChI=1S/C21H19ClFNO.ClH/c22-19-8-11-21(25-15-17-6-9-20(23)10-7-17)18(12-19)14-24-13-16-4-2-1-3-5-16;/h1-12,24H,13-15H2;1H. The molecular weight excluding hydrogens is 372 g/mol. The van der Waals surface area contributed by atoms with E-state index >= 15 is 0 Å². The van der Waals surface area contributed by atoms with E-state index in [9.17, 15) is 4.39 Å². The first-order chi connectivity index (χ1) is 12.2. The molecule has 5 heteroatoms. The molecule has 0 unspecified atom stereocenters. The first-order valence-corrected chi connectivity index (χ1v) is 8.49. The fourth-order valence-electron chi connectivity index (χ4n) is 2.51. The summed E-state index contributed by atoms with van der Waals surface area (Å²) in [7, 11) is 0. The van der Waals surface area contributed by atoms with Crippen LogP contribution in [0.3, 0.4) is 0 Å². The smallest absolute Gasteiger partial charge is 0.124 e. The summed E-state index contributed by atoms with van der Waals surface area (Å²) in [5.74, 6) is 0.523. The van der Waals surface area contributed by atoms with Gasteiger partial charge in [0.2, 0.25) is 0 Å². The highest BCUT2D eigenvalue weighted by atomic mass is 35.5. The molecule has 0 bridgehead atoms. The molecule has 0 aliphatic carbocycles.